The molecule has 120 valence electrons. The maximum Gasteiger partial charge on any atom is 0.156 e. The van der Waals surface area contributed by atoms with Gasteiger partial charge in [-0.05, 0) is 37.2 Å². The van der Waals surface area contributed by atoms with E-state index in [9.17, 15) is 0 Å². The molecule has 2 saturated carbocycles. The molecule has 5 rings (SSSR count). The van der Waals surface area contributed by atoms with Crippen molar-refractivity contribution in [2.45, 2.75) is 69.6 Å². The monoisotopic (exact) mass is 308 g/mol. The number of nitrogens with one attached hydrogen (secondary N) is 1. The summed E-state index contributed by atoms with van der Waals surface area (Å²) in [6, 6.07) is 0. The normalized spacial score (nSPS) is 20.9. The Morgan fingerprint density at radius 1 is 0.957 bits per heavy atom. The summed E-state index contributed by atoms with van der Waals surface area (Å²) in [4.78, 5) is 12.9. The van der Waals surface area contributed by atoms with Crippen molar-refractivity contribution in [3.63, 3.8) is 0 Å². The zero-order valence-corrected chi connectivity index (χ0v) is 13.6. The number of aromatic amines is 1. The zero-order valence-electron chi connectivity index (χ0n) is 13.6. The van der Waals surface area contributed by atoms with Gasteiger partial charge in [0, 0.05) is 18.3 Å². The van der Waals surface area contributed by atoms with Gasteiger partial charge in [0.15, 0.2) is 11.3 Å². The Kier molecular flexibility index (Phi) is 3.17. The third-order valence-electron chi connectivity index (χ3n) is 5.98. The zero-order chi connectivity index (χ0) is 15.2. The summed E-state index contributed by atoms with van der Waals surface area (Å²) in [6.07, 6.45) is 18.4. The lowest BCUT2D eigenvalue weighted by Gasteiger charge is -2.19. The summed E-state index contributed by atoms with van der Waals surface area (Å²) in [5.41, 5.74) is 6.01. The van der Waals surface area contributed by atoms with E-state index in [4.69, 9.17) is 4.98 Å². The molecule has 2 aliphatic rings. The smallest absolute Gasteiger partial charge is 0.156 e. The van der Waals surface area contributed by atoms with E-state index in [1.165, 1.54) is 74.6 Å². The lowest BCUT2D eigenvalue weighted by atomic mass is 9.87. The number of rotatable bonds is 2. The average Bonchev–Trinajstić information content (AvgIpc) is 3.32. The maximum absolute atomic E-state index is 4.92. The van der Waals surface area contributed by atoms with Crippen LogP contribution >= 0.6 is 0 Å². The molecule has 4 nitrogen and oxygen atoms in total. The number of imidazole rings is 1. The van der Waals surface area contributed by atoms with Gasteiger partial charge in [-0.15, -0.1) is 0 Å². The molecular formula is C19H24N4. The molecule has 0 unspecified atom stereocenters. The number of nitrogens with zero attached hydrogens (tertiary/aromatic N) is 3. The predicted octanol–water partition coefficient (Wildman–Crippen LogP) is 4.92. The molecule has 0 saturated heterocycles. The highest BCUT2D eigenvalue weighted by molar-refractivity contribution is 5.79. The van der Waals surface area contributed by atoms with Gasteiger partial charge in [-0.3, -0.25) is 4.40 Å². The van der Waals surface area contributed by atoms with Crippen molar-refractivity contribution < 1.29 is 0 Å². The van der Waals surface area contributed by atoms with Gasteiger partial charge in [-0.25, -0.2) is 9.97 Å². The van der Waals surface area contributed by atoms with E-state index in [0.29, 0.717) is 11.8 Å². The minimum atomic E-state index is 0.646. The van der Waals surface area contributed by atoms with Gasteiger partial charge < -0.3 is 4.98 Å². The Balaban J connectivity index is 1.65. The van der Waals surface area contributed by atoms with E-state index in [0.717, 1.165) is 11.3 Å². The van der Waals surface area contributed by atoms with E-state index in [-0.39, 0.29) is 0 Å². The van der Waals surface area contributed by atoms with Gasteiger partial charge in [-0.1, -0.05) is 32.1 Å². The second kappa shape index (κ2) is 5.36. The standard InChI is InChI=1S/C19H24N4/c1-2-8-14(9-3-1)16-12-23-17(22-16)11-21-19-18(23)15(10-20-19)13-6-4-5-7-13/h10-14,20H,1-9H2. The van der Waals surface area contributed by atoms with Crippen molar-refractivity contribution in [2.75, 3.05) is 0 Å². The first-order chi connectivity index (χ1) is 11.4. The molecule has 3 aromatic rings. The molecule has 2 aliphatic carbocycles. The largest absolute Gasteiger partial charge is 0.345 e. The number of hydrogen-bond acceptors (Lipinski definition) is 2. The molecule has 0 radical (unpaired) electrons. The average molecular weight is 308 g/mol. The second-order valence-corrected chi connectivity index (χ2v) is 7.41. The maximum atomic E-state index is 4.92. The van der Waals surface area contributed by atoms with Crippen LogP contribution in [0.2, 0.25) is 0 Å². The minimum absolute atomic E-state index is 0.646. The van der Waals surface area contributed by atoms with Crippen molar-refractivity contribution >= 4 is 16.8 Å². The van der Waals surface area contributed by atoms with Crippen LogP contribution in [0.15, 0.2) is 18.6 Å². The van der Waals surface area contributed by atoms with E-state index in [1.807, 2.05) is 6.20 Å². The number of hydrogen-bond donors (Lipinski definition) is 1. The minimum Gasteiger partial charge on any atom is -0.345 e. The number of aromatic nitrogens is 4. The van der Waals surface area contributed by atoms with Gasteiger partial charge in [0.2, 0.25) is 0 Å². The van der Waals surface area contributed by atoms with E-state index >= 15 is 0 Å². The predicted molar refractivity (Wildman–Crippen MR) is 91.9 cm³/mol. The van der Waals surface area contributed by atoms with Crippen LogP contribution in [-0.2, 0) is 0 Å². The third kappa shape index (κ3) is 2.19. The van der Waals surface area contributed by atoms with Gasteiger partial charge in [0.25, 0.3) is 0 Å². The SMILES string of the molecule is c1[nH]c2ncc3nc(C4CCCCC4)cn3c2c1C1CCCC1. The quantitative estimate of drug-likeness (QED) is 0.730. The van der Waals surface area contributed by atoms with Crippen molar-refractivity contribution in [2.24, 2.45) is 0 Å². The first kappa shape index (κ1) is 13.6. The molecule has 0 amide bonds. The highest BCUT2D eigenvalue weighted by Crippen LogP contribution is 2.38. The van der Waals surface area contributed by atoms with Crippen molar-refractivity contribution in [1.82, 2.24) is 19.4 Å². The summed E-state index contributed by atoms with van der Waals surface area (Å²) in [7, 11) is 0. The Bertz CT molecular complexity index is 832. The molecule has 0 spiro atoms. The summed E-state index contributed by atoms with van der Waals surface area (Å²) in [5.74, 6) is 1.34. The van der Waals surface area contributed by atoms with Crippen LogP contribution in [0, 0.1) is 0 Å². The molecule has 0 aromatic carbocycles. The summed E-state index contributed by atoms with van der Waals surface area (Å²) in [5, 5.41) is 0. The molecule has 0 aliphatic heterocycles. The van der Waals surface area contributed by atoms with Crippen LogP contribution in [0.4, 0.5) is 0 Å². The van der Waals surface area contributed by atoms with Gasteiger partial charge in [0.1, 0.15) is 0 Å². The fraction of sp³-hybridized carbons (Fsp3) is 0.579. The van der Waals surface area contributed by atoms with Crippen molar-refractivity contribution in [3.8, 4) is 0 Å². The Labute approximate surface area is 136 Å². The van der Waals surface area contributed by atoms with Gasteiger partial charge in [-0.2, -0.15) is 0 Å². The van der Waals surface area contributed by atoms with Crippen LogP contribution < -0.4 is 0 Å². The fourth-order valence-electron chi connectivity index (χ4n) is 4.72. The highest BCUT2D eigenvalue weighted by atomic mass is 15.1. The second-order valence-electron chi connectivity index (χ2n) is 7.41. The molecular weight excluding hydrogens is 284 g/mol. The Morgan fingerprint density at radius 2 is 1.70 bits per heavy atom. The molecule has 0 atom stereocenters. The summed E-state index contributed by atoms with van der Waals surface area (Å²) < 4.78 is 2.30. The highest BCUT2D eigenvalue weighted by Gasteiger charge is 2.24. The van der Waals surface area contributed by atoms with Crippen LogP contribution in [0.3, 0.4) is 0 Å². The van der Waals surface area contributed by atoms with Crippen molar-refractivity contribution in [1.29, 1.82) is 0 Å². The Morgan fingerprint density at radius 3 is 2.52 bits per heavy atom. The summed E-state index contributed by atoms with van der Waals surface area (Å²) in [6.45, 7) is 0. The molecule has 23 heavy (non-hydrogen) atoms. The van der Waals surface area contributed by atoms with Crippen molar-refractivity contribution in [3.05, 3.63) is 29.8 Å². The molecule has 2 fully saturated rings. The topological polar surface area (TPSA) is 46.0 Å². The van der Waals surface area contributed by atoms with E-state index in [2.05, 4.69) is 26.8 Å². The summed E-state index contributed by atoms with van der Waals surface area (Å²) >= 11 is 0. The van der Waals surface area contributed by atoms with Crippen LogP contribution in [0.1, 0.15) is 80.9 Å². The molecule has 3 aromatic heterocycles. The Hall–Kier alpha value is -1.84. The molecule has 3 heterocycles. The molecule has 1 N–H and O–H groups in total. The van der Waals surface area contributed by atoms with E-state index < -0.39 is 0 Å². The lowest BCUT2D eigenvalue weighted by molar-refractivity contribution is 0.438. The van der Waals surface area contributed by atoms with Crippen LogP contribution in [-0.4, -0.2) is 19.4 Å². The van der Waals surface area contributed by atoms with Crippen LogP contribution in [0.25, 0.3) is 16.8 Å². The molecule has 0 bridgehead atoms. The third-order valence-corrected chi connectivity index (χ3v) is 5.98. The van der Waals surface area contributed by atoms with Crippen LogP contribution in [0.5, 0.6) is 0 Å². The first-order valence-corrected chi connectivity index (χ1v) is 9.25. The van der Waals surface area contributed by atoms with Gasteiger partial charge in [0.05, 0.1) is 17.4 Å². The van der Waals surface area contributed by atoms with E-state index in [1.54, 1.807) is 0 Å². The number of H-pyrrole nitrogens is 1. The number of fused-ring (bicyclic) bond motifs is 3. The first-order valence-electron chi connectivity index (χ1n) is 9.25. The molecule has 4 heteroatoms. The van der Waals surface area contributed by atoms with Gasteiger partial charge >= 0.3 is 0 Å². The fourth-order valence-corrected chi connectivity index (χ4v) is 4.72. The lowest BCUT2D eigenvalue weighted by Crippen LogP contribution is -2.04.